The molecule has 2 aromatic heterocycles. The Morgan fingerprint density at radius 2 is 2.12 bits per heavy atom. The smallest absolute Gasteiger partial charge is 0.153 e. The Hall–Kier alpha value is -2.63. The van der Waals surface area contributed by atoms with E-state index in [1.807, 2.05) is 19.1 Å². The zero-order chi connectivity index (χ0) is 18.3. The van der Waals surface area contributed by atoms with E-state index in [9.17, 15) is 0 Å². The molecule has 6 heteroatoms. The van der Waals surface area contributed by atoms with E-state index in [0.717, 1.165) is 59.1 Å². The first-order valence-corrected chi connectivity index (χ1v) is 9.22. The Morgan fingerprint density at radius 1 is 1.27 bits per heavy atom. The molecule has 0 amide bonds. The predicted octanol–water partition coefficient (Wildman–Crippen LogP) is 4.21. The van der Waals surface area contributed by atoms with Gasteiger partial charge in [0.25, 0.3) is 0 Å². The van der Waals surface area contributed by atoms with Crippen LogP contribution in [0.3, 0.4) is 0 Å². The van der Waals surface area contributed by atoms with Crippen LogP contribution in [-0.4, -0.2) is 26.9 Å². The highest BCUT2D eigenvalue weighted by Gasteiger charge is 2.25. The second-order valence-corrected chi connectivity index (χ2v) is 7.21. The van der Waals surface area contributed by atoms with E-state index < -0.39 is 0 Å². The molecule has 4 rings (SSSR count). The summed E-state index contributed by atoms with van der Waals surface area (Å²) in [6, 6.07) is 8.29. The standard InChI is InChI=1S/C20H25N5O/c1-12(2)19-23-20-15(8-6-10-25(20)24-19)22-16-11-13(3)21-18-14(16)7-5-9-17(18)26-4/h5,7,9,11-12,15H,6,8,10H2,1-4H3,(H,21,22). The number of nitrogens with zero attached hydrogens (tertiary/aromatic N) is 4. The highest BCUT2D eigenvalue weighted by molar-refractivity contribution is 5.95. The summed E-state index contributed by atoms with van der Waals surface area (Å²) in [6.07, 6.45) is 2.14. The van der Waals surface area contributed by atoms with Gasteiger partial charge in [0, 0.05) is 29.2 Å². The number of aromatic nitrogens is 4. The first-order valence-electron chi connectivity index (χ1n) is 9.22. The van der Waals surface area contributed by atoms with E-state index in [-0.39, 0.29) is 6.04 Å². The Balaban J connectivity index is 1.75. The molecule has 3 aromatic rings. The number of hydrogen-bond donors (Lipinski definition) is 1. The Labute approximate surface area is 153 Å². The van der Waals surface area contributed by atoms with Crippen LogP contribution in [0.25, 0.3) is 10.9 Å². The van der Waals surface area contributed by atoms with Crippen LogP contribution >= 0.6 is 0 Å². The second-order valence-electron chi connectivity index (χ2n) is 7.21. The topological polar surface area (TPSA) is 64.9 Å². The molecular formula is C20H25N5O. The molecule has 136 valence electrons. The third-order valence-electron chi connectivity index (χ3n) is 4.89. The number of rotatable bonds is 4. The number of benzene rings is 1. The van der Waals surface area contributed by atoms with Gasteiger partial charge in [-0.05, 0) is 31.9 Å². The lowest BCUT2D eigenvalue weighted by Gasteiger charge is -2.25. The zero-order valence-electron chi connectivity index (χ0n) is 15.8. The molecule has 1 aliphatic heterocycles. The van der Waals surface area contributed by atoms with Gasteiger partial charge < -0.3 is 10.1 Å². The third-order valence-corrected chi connectivity index (χ3v) is 4.89. The monoisotopic (exact) mass is 351 g/mol. The molecule has 3 heterocycles. The zero-order valence-corrected chi connectivity index (χ0v) is 15.8. The molecule has 0 fully saturated rings. The molecule has 6 nitrogen and oxygen atoms in total. The molecule has 1 aromatic carbocycles. The van der Waals surface area contributed by atoms with Crippen molar-refractivity contribution < 1.29 is 4.74 Å². The maximum Gasteiger partial charge on any atom is 0.153 e. The quantitative estimate of drug-likeness (QED) is 0.762. The van der Waals surface area contributed by atoms with Crippen molar-refractivity contribution in [1.82, 2.24) is 19.7 Å². The van der Waals surface area contributed by atoms with E-state index in [0.29, 0.717) is 5.92 Å². The van der Waals surface area contributed by atoms with Crippen molar-refractivity contribution in [2.75, 3.05) is 12.4 Å². The van der Waals surface area contributed by atoms with Gasteiger partial charge in [-0.1, -0.05) is 26.0 Å². The summed E-state index contributed by atoms with van der Waals surface area (Å²) in [5.74, 6) is 3.08. The van der Waals surface area contributed by atoms with Crippen LogP contribution in [-0.2, 0) is 6.54 Å². The molecule has 0 saturated heterocycles. The van der Waals surface area contributed by atoms with Crippen LogP contribution in [0.15, 0.2) is 24.3 Å². The van der Waals surface area contributed by atoms with Gasteiger partial charge in [0.1, 0.15) is 17.1 Å². The highest BCUT2D eigenvalue weighted by atomic mass is 16.5. The number of ether oxygens (including phenoxy) is 1. The summed E-state index contributed by atoms with van der Waals surface area (Å²) in [5, 5.41) is 9.45. The second kappa shape index (κ2) is 6.59. The molecule has 1 atom stereocenters. The molecule has 0 saturated carbocycles. The van der Waals surface area contributed by atoms with Crippen molar-refractivity contribution in [3.8, 4) is 5.75 Å². The van der Waals surface area contributed by atoms with Crippen molar-refractivity contribution in [1.29, 1.82) is 0 Å². The summed E-state index contributed by atoms with van der Waals surface area (Å²) < 4.78 is 7.56. The lowest BCUT2D eigenvalue weighted by molar-refractivity contribution is 0.419. The fourth-order valence-electron chi connectivity index (χ4n) is 3.57. The van der Waals surface area contributed by atoms with Crippen molar-refractivity contribution in [2.24, 2.45) is 0 Å². The average Bonchev–Trinajstić information content (AvgIpc) is 3.07. The SMILES string of the molecule is COc1cccc2c(NC3CCCn4nc(C(C)C)nc43)cc(C)nc12. The average molecular weight is 351 g/mol. The van der Waals surface area contributed by atoms with Gasteiger partial charge in [0.2, 0.25) is 0 Å². The Kier molecular flexibility index (Phi) is 4.26. The summed E-state index contributed by atoms with van der Waals surface area (Å²) in [6.45, 7) is 7.22. The van der Waals surface area contributed by atoms with Crippen LogP contribution < -0.4 is 10.1 Å². The molecule has 0 radical (unpaired) electrons. The molecule has 1 unspecified atom stereocenters. The van der Waals surface area contributed by atoms with Crippen LogP contribution in [0.4, 0.5) is 5.69 Å². The summed E-state index contributed by atoms with van der Waals surface area (Å²) >= 11 is 0. The van der Waals surface area contributed by atoms with Crippen LogP contribution in [0.5, 0.6) is 5.75 Å². The van der Waals surface area contributed by atoms with E-state index in [4.69, 9.17) is 9.72 Å². The van der Waals surface area contributed by atoms with Gasteiger partial charge in [-0.15, -0.1) is 0 Å². The van der Waals surface area contributed by atoms with Crippen LogP contribution in [0, 0.1) is 6.92 Å². The largest absolute Gasteiger partial charge is 0.494 e. The van der Waals surface area contributed by atoms with Gasteiger partial charge >= 0.3 is 0 Å². The lowest BCUT2D eigenvalue weighted by atomic mass is 10.1. The van der Waals surface area contributed by atoms with E-state index in [1.54, 1.807) is 7.11 Å². The fraction of sp³-hybridized carbons (Fsp3) is 0.450. The van der Waals surface area contributed by atoms with Crippen molar-refractivity contribution in [3.05, 3.63) is 41.6 Å². The lowest BCUT2D eigenvalue weighted by Crippen LogP contribution is -2.22. The molecule has 1 N–H and O–H groups in total. The van der Waals surface area contributed by atoms with Gasteiger partial charge in [0.05, 0.1) is 13.2 Å². The minimum absolute atomic E-state index is 0.153. The summed E-state index contributed by atoms with van der Waals surface area (Å²) in [7, 11) is 1.68. The molecule has 26 heavy (non-hydrogen) atoms. The van der Waals surface area contributed by atoms with Gasteiger partial charge in [0.15, 0.2) is 5.82 Å². The maximum absolute atomic E-state index is 5.50. The normalized spacial score (nSPS) is 16.7. The number of anilines is 1. The molecule has 0 spiro atoms. The first kappa shape index (κ1) is 16.8. The minimum atomic E-state index is 0.153. The van der Waals surface area contributed by atoms with Crippen molar-refractivity contribution >= 4 is 16.6 Å². The van der Waals surface area contributed by atoms with E-state index >= 15 is 0 Å². The number of nitrogens with one attached hydrogen (secondary N) is 1. The molecule has 1 aliphatic rings. The number of hydrogen-bond acceptors (Lipinski definition) is 5. The third kappa shape index (κ3) is 2.89. The number of pyridine rings is 1. The molecule has 0 aliphatic carbocycles. The molecular weight excluding hydrogens is 326 g/mol. The van der Waals surface area contributed by atoms with Crippen LogP contribution in [0.1, 0.15) is 56.0 Å². The van der Waals surface area contributed by atoms with Gasteiger partial charge in [-0.25, -0.2) is 14.6 Å². The van der Waals surface area contributed by atoms with Crippen molar-refractivity contribution in [3.63, 3.8) is 0 Å². The van der Waals surface area contributed by atoms with Gasteiger partial charge in [-0.2, -0.15) is 5.10 Å². The van der Waals surface area contributed by atoms with E-state index in [1.165, 1.54) is 0 Å². The first-order chi connectivity index (χ1) is 12.6. The number of methoxy groups -OCH3 is 1. The van der Waals surface area contributed by atoms with Gasteiger partial charge in [-0.3, -0.25) is 0 Å². The predicted molar refractivity (Wildman–Crippen MR) is 103 cm³/mol. The number of para-hydroxylation sites is 1. The summed E-state index contributed by atoms with van der Waals surface area (Å²) in [5.41, 5.74) is 2.92. The van der Waals surface area contributed by atoms with Crippen molar-refractivity contribution in [2.45, 2.75) is 52.1 Å². The maximum atomic E-state index is 5.50. The number of aryl methyl sites for hydroxylation is 2. The Bertz CT molecular complexity index is 947. The highest BCUT2D eigenvalue weighted by Crippen LogP contribution is 2.34. The van der Waals surface area contributed by atoms with Crippen LogP contribution in [0.2, 0.25) is 0 Å². The minimum Gasteiger partial charge on any atom is -0.494 e. The van der Waals surface area contributed by atoms with E-state index in [2.05, 4.69) is 46.1 Å². The fourth-order valence-corrected chi connectivity index (χ4v) is 3.57. The number of fused-ring (bicyclic) bond motifs is 2. The summed E-state index contributed by atoms with van der Waals surface area (Å²) in [4.78, 5) is 9.49. The molecule has 0 bridgehead atoms. The Morgan fingerprint density at radius 3 is 2.88 bits per heavy atom.